The Morgan fingerprint density at radius 1 is 1.41 bits per heavy atom. The third-order valence-electron chi connectivity index (χ3n) is 2.51. The van der Waals surface area contributed by atoms with E-state index in [0.717, 1.165) is 19.4 Å². The van der Waals surface area contributed by atoms with Gasteiger partial charge in [-0.2, -0.15) is 0 Å². The van der Waals surface area contributed by atoms with Crippen LogP contribution in [0.4, 0.5) is 0 Å². The first-order valence-electron chi connectivity index (χ1n) is 6.08. The molecule has 4 heteroatoms. The summed E-state index contributed by atoms with van der Waals surface area (Å²) >= 11 is 0. The van der Waals surface area contributed by atoms with Gasteiger partial charge in [0.2, 0.25) is 0 Å². The Morgan fingerprint density at radius 2 is 2.12 bits per heavy atom. The number of rotatable bonds is 7. The first-order valence-corrected chi connectivity index (χ1v) is 6.08. The molecule has 0 aliphatic carbocycles. The summed E-state index contributed by atoms with van der Waals surface area (Å²) in [7, 11) is 0. The highest BCUT2D eigenvalue weighted by Gasteiger charge is 2.10. The fraction of sp³-hybridized carbons (Fsp3) is 0.538. The van der Waals surface area contributed by atoms with Gasteiger partial charge >= 0.3 is 5.97 Å². The summed E-state index contributed by atoms with van der Waals surface area (Å²) < 4.78 is 5.25. The van der Waals surface area contributed by atoms with Crippen molar-refractivity contribution in [1.29, 1.82) is 0 Å². The van der Waals surface area contributed by atoms with Gasteiger partial charge in [0.05, 0.1) is 5.56 Å². The van der Waals surface area contributed by atoms with Gasteiger partial charge in [-0.25, -0.2) is 4.79 Å². The van der Waals surface area contributed by atoms with Crippen molar-refractivity contribution >= 4 is 5.97 Å². The molecule has 0 aromatic carbocycles. The van der Waals surface area contributed by atoms with Crippen molar-refractivity contribution in [3.63, 3.8) is 0 Å². The van der Waals surface area contributed by atoms with E-state index in [-0.39, 0.29) is 12.0 Å². The maximum absolute atomic E-state index is 11.7. The Hall–Kier alpha value is -1.42. The number of nitrogens with zero attached hydrogens (tertiary/aromatic N) is 1. The zero-order valence-corrected chi connectivity index (χ0v) is 10.5. The van der Waals surface area contributed by atoms with Crippen LogP contribution in [0.3, 0.4) is 0 Å². The van der Waals surface area contributed by atoms with E-state index >= 15 is 0 Å². The van der Waals surface area contributed by atoms with Crippen LogP contribution in [-0.2, 0) is 4.74 Å². The molecule has 1 N–H and O–H groups in total. The number of hydrogen-bond acceptors (Lipinski definition) is 4. The Balaban J connectivity index is 2.36. The number of nitrogens with one attached hydrogen (secondary N) is 1. The Labute approximate surface area is 102 Å². The van der Waals surface area contributed by atoms with Crippen LogP contribution < -0.4 is 5.32 Å². The minimum Gasteiger partial charge on any atom is -0.460 e. The molecule has 1 rings (SSSR count). The van der Waals surface area contributed by atoms with Crippen LogP contribution >= 0.6 is 0 Å². The lowest BCUT2D eigenvalue weighted by atomic mass is 10.2. The van der Waals surface area contributed by atoms with Gasteiger partial charge in [-0.1, -0.05) is 13.8 Å². The van der Waals surface area contributed by atoms with Crippen molar-refractivity contribution in [3.05, 3.63) is 30.1 Å². The van der Waals surface area contributed by atoms with E-state index in [4.69, 9.17) is 4.74 Å². The molecule has 1 heterocycles. The van der Waals surface area contributed by atoms with Gasteiger partial charge in [-0.05, 0) is 31.5 Å². The second kappa shape index (κ2) is 7.79. The monoisotopic (exact) mass is 236 g/mol. The zero-order chi connectivity index (χ0) is 12.5. The fourth-order valence-corrected chi connectivity index (χ4v) is 1.42. The van der Waals surface area contributed by atoms with Gasteiger partial charge < -0.3 is 10.1 Å². The predicted octanol–water partition coefficient (Wildman–Crippen LogP) is 2.02. The van der Waals surface area contributed by atoms with Gasteiger partial charge in [0, 0.05) is 18.4 Å². The molecule has 0 aliphatic rings. The summed E-state index contributed by atoms with van der Waals surface area (Å²) in [4.78, 5) is 15.5. The summed E-state index contributed by atoms with van der Waals surface area (Å²) in [6.07, 6.45) is 5.20. The molecule has 1 aromatic heterocycles. The van der Waals surface area contributed by atoms with Gasteiger partial charge in [-0.15, -0.1) is 0 Å². The Bertz CT molecular complexity index is 327. The number of hydrogen-bond donors (Lipinski definition) is 1. The van der Waals surface area contributed by atoms with E-state index in [1.807, 2.05) is 0 Å². The summed E-state index contributed by atoms with van der Waals surface area (Å²) in [6, 6.07) is 3.55. The van der Waals surface area contributed by atoms with Gasteiger partial charge in [0.25, 0.3) is 0 Å². The summed E-state index contributed by atoms with van der Waals surface area (Å²) in [5, 5.41) is 3.34. The second-order valence-electron chi connectivity index (χ2n) is 3.89. The molecular weight excluding hydrogens is 216 g/mol. The van der Waals surface area contributed by atoms with Crippen molar-refractivity contribution in [2.45, 2.75) is 32.7 Å². The van der Waals surface area contributed by atoms with E-state index in [2.05, 4.69) is 24.1 Å². The topological polar surface area (TPSA) is 51.2 Å². The second-order valence-corrected chi connectivity index (χ2v) is 3.89. The molecule has 17 heavy (non-hydrogen) atoms. The number of pyridine rings is 1. The van der Waals surface area contributed by atoms with Crippen molar-refractivity contribution in [2.24, 2.45) is 0 Å². The predicted molar refractivity (Wildman–Crippen MR) is 66.9 cm³/mol. The van der Waals surface area contributed by atoms with Crippen LogP contribution in [0.25, 0.3) is 0 Å². The maximum Gasteiger partial charge on any atom is 0.338 e. The molecule has 0 bridgehead atoms. The number of ether oxygens (including phenoxy) is 1. The molecule has 0 spiro atoms. The average Bonchev–Trinajstić information content (AvgIpc) is 2.39. The summed E-state index contributed by atoms with van der Waals surface area (Å²) in [5.41, 5.74) is 0.547. The normalized spacial score (nSPS) is 12.1. The zero-order valence-electron chi connectivity index (χ0n) is 10.5. The molecule has 1 unspecified atom stereocenters. The average molecular weight is 236 g/mol. The molecular formula is C13H20N2O2. The van der Waals surface area contributed by atoms with Crippen molar-refractivity contribution in [1.82, 2.24) is 10.3 Å². The molecule has 0 amide bonds. The Morgan fingerprint density at radius 3 is 2.71 bits per heavy atom. The van der Waals surface area contributed by atoms with Gasteiger partial charge in [0.1, 0.15) is 6.61 Å². The van der Waals surface area contributed by atoms with Crippen LogP contribution in [0.2, 0.25) is 0 Å². The highest BCUT2D eigenvalue weighted by molar-refractivity contribution is 5.89. The molecule has 94 valence electrons. The molecule has 1 aromatic rings. The van der Waals surface area contributed by atoms with Crippen LogP contribution in [0, 0.1) is 0 Å². The smallest absolute Gasteiger partial charge is 0.338 e. The van der Waals surface area contributed by atoms with Crippen LogP contribution in [0.1, 0.15) is 37.0 Å². The lowest BCUT2D eigenvalue weighted by Gasteiger charge is -2.16. The van der Waals surface area contributed by atoms with E-state index in [0.29, 0.717) is 12.2 Å². The maximum atomic E-state index is 11.7. The minimum absolute atomic E-state index is 0.237. The highest BCUT2D eigenvalue weighted by Crippen LogP contribution is 2.01. The number of esters is 1. The third kappa shape index (κ3) is 4.95. The van der Waals surface area contributed by atoms with E-state index < -0.39 is 0 Å². The first kappa shape index (κ1) is 13.6. The van der Waals surface area contributed by atoms with E-state index in [9.17, 15) is 4.79 Å². The number of carbonyl (C=O) groups excluding carboxylic acids is 1. The largest absolute Gasteiger partial charge is 0.460 e. The molecule has 0 aliphatic heterocycles. The molecule has 0 saturated heterocycles. The van der Waals surface area contributed by atoms with Crippen LogP contribution in [-0.4, -0.2) is 30.1 Å². The molecule has 1 atom stereocenters. The fourth-order valence-electron chi connectivity index (χ4n) is 1.42. The molecule has 0 radical (unpaired) electrons. The third-order valence-corrected chi connectivity index (χ3v) is 2.51. The van der Waals surface area contributed by atoms with Crippen molar-refractivity contribution in [2.75, 3.05) is 13.2 Å². The lowest BCUT2D eigenvalue weighted by Crippen LogP contribution is -2.34. The minimum atomic E-state index is -0.288. The molecule has 0 saturated carbocycles. The standard InChI is InChI=1S/C13H20N2O2/c1-3-7-15-12(4-2)10-17-13(16)11-5-8-14-9-6-11/h5-6,8-9,12,15H,3-4,7,10H2,1-2H3. The van der Waals surface area contributed by atoms with E-state index in [1.54, 1.807) is 24.5 Å². The van der Waals surface area contributed by atoms with Crippen molar-refractivity contribution < 1.29 is 9.53 Å². The SMILES string of the molecule is CCCNC(CC)COC(=O)c1ccncc1. The van der Waals surface area contributed by atoms with Gasteiger partial charge in [0.15, 0.2) is 0 Å². The first-order chi connectivity index (χ1) is 8.27. The summed E-state index contributed by atoms with van der Waals surface area (Å²) in [6.45, 7) is 5.55. The van der Waals surface area contributed by atoms with Crippen molar-refractivity contribution in [3.8, 4) is 0 Å². The number of aromatic nitrogens is 1. The molecule has 4 nitrogen and oxygen atoms in total. The van der Waals surface area contributed by atoms with Crippen LogP contribution in [0.15, 0.2) is 24.5 Å². The Kier molecular flexibility index (Phi) is 6.25. The van der Waals surface area contributed by atoms with Crippen LogP contribution in [0.5, 0.6) is 0 Å². The highest BCUT2D eigenvalue weighted by atomic mass is 16.5. The van der Waals surface area contributed by atoms with Gasteiger partial charge in [-0.3, -0.25) is 4.98 Å². The quantitative estimate of drug-likeness (QED) is 0.736. The molecule has 0 fully saturated rings. The number of carbonyl (C=O) groups is 1. The lowest BCUT2D eigenvalue weighted by molar-refractivity contribution is 0.0463. The van der Waals surface area contributed by atoms with E-state index in [1.165, 1.54) is 0 Å². The summed E-state index contributed by atoms with van der Waals surface area (Å²) in [5.74, 6) is -0.288.